The third kappa shape index (κ3) is 3.66. The quantitative estimate of drug-likeness (QED) is 0.844. The van der Waals surface area contributed by atoms with Crippen molar-refractivity contribution in [2.45, 2.75) is 20.0 Å². The molecule has 21 heavy (non-hydrogen) atoms. The maximum atomic E-state index is 5.33. The van der Waals surface area contributed by atoms with E-state index in [2.05, 4.69) is 10.5 Å². The molecule has 0 unspecified atom stereocenters. The molecule has 0 aliphatic carbocycles. The molecule has 114 valence electrons. The van der Waals surface area contributed by atoms with E-state index < -0.39 is 0 Å². The summed E-state index contributed by atoms with van der Waals surface area (Å²) in [4.78, 5) is 0. The van der Waals surface area contributed by atoms with Gasteiger partial charge in [0.1, 0.15) is 0 Å². The van der Waals surface area contributed by atoms with E-state index in [1.807, 2.05) is 25.1 Å². The van der Waals surface area contributed by atoms with E-state index in [4.69, 9.17) is 18.7 Å². The predicted octanol–water partition coefficient (Wildman–Crippen LogP) is 2.30. The van der Waals surface area contributed by atoms with E-state index in [0.717, 1.165) is 17.0 Å². The number of aryl methyl sites for hydroxylation is 1. The largest absolute Gasteiger partial charge is 0.493 e. The fourth-order valence-electron chi connectivity index (χ4n) is 2.07. The van der Waals surface area contributed by atoms with Crippen LogP contribution < -0.4 is 19.5 Å². The molecule has 0 saturated heterocycles. The summed E-state index contributed by atoms with van der Waals surface area (Å²) in [7, 11) is 4.79. The smallest absolute Gasteiger partial charge is 0.203 e. The molecule has 0 fully saturated rings. The van der Waals surface area contributed by atoms with Gasteiger partial charge >= 0.3 is 0 Å². The number of hydrogen-bond acceptors (Lipinski definition) is 6. The van der Waals surface area contributed by atoms with Crippen LogP contribution in [-0.4, -0.2) is 26.5 Å². The highest BCUT2D eigenvalue weighted by Gasteiger charge is 2.13. The minimum absolute atomic E-state index is 0.592. The zero-order chi connectivity index (χ0) is 15.2. The molecule has 0 bridgehead atoms. The maximum Gasteiger partial charge on any atom is 0.203 e. The van der Waals surface area contributed by atoms with Crippen LogP contribution in [0.4, 0.5) is 0 Å². The minimum Gasteiger partial charge on any atom is -0.493 e. The zero-order valence-corrected chi connectivity index (χ0v) is 12.7. The van der Waals surface area contributed by atoms with Crippen LogP contribution in [0.15, 0.2) is 22.7 Å². The first-order valence-corrected chi connectivity index (χ1v) is 6.59. The highest BCUT2D eigenvalue weighted by molar-refractivity contribution is 5.53. The van der Waals surface area contributed by atoms with E-state index >= 15 is 0 Å². The van der Waals surface area contributed by atoms with Gasteiger partial charge in [0.15, 0.2) is 17.3 Å². The van der Waals surface area contributed by atoms with Crippen molar-refractivity contribution in [1.29, 1.82) is 0 Å². The number of rotatable bonds is 7. The van der Waals surface area contributed by atoms with Crippen LogP contribution >= 0.6 is 0 Å². The summed E-state index contributed by atoms with van der Waals surface area (Å²) in [5.74, 6) is 2.68. The lowest BCUT2D eigenvalue weighted by atomic mass is 10.1. The average molecular weight is 292 g/mol. The lowest BCUT2D eigenvalue weighted by molar-refractivity contribution is 0.323. The van der Waals surface area contributed by atoms with Gasteiger partial charge in [0.25, 0.3) is 0 Å². The molecular weight excluding hydrogens is 272 g/mol. The summed E-state index contributed by atoms with van der Waals surface area (Å²) in [5.41, 5.74) is 1.90. The molecule has 0 atom stereocenters. The molecule has 0 radical (unpaired) electrons. The second-order valence-corrected chi connectivity index (χ2v) is 4.57. The summed E-state index contributed by atoms with van der Waals surface area (Å²) in [6.07, 6.45) is 0. The van der Waals surface area contributed by atoms with Crippen molar-refractivity contribution in [3.05, 3.63) is 35.2 Å². The Morgan fingerprint density at radius 1 is 1.00 bits per heavy atom. The number of hydrogen-bond donors (Lipinski definition) is 1. The van der Waals surface area contributed by atoms with Crippen LogP contribution in [0.3, 0.4) is 0 Å². The molecular formula is C15H20N2O4. The van der Waals surface area contributed by atoms with Crippen LogP contribution in [-0.2, 0) is 13.1 Å². The maximum absolute atomic E-state index is 5.33. The SMILES string of the molecule is COc1cc(CNCc2cc(C)no2)cc(OC)c1OC. The van der Waals surface area contributed by atoms with Crippen molar-refractivity contribution in [3.63, 3.8) is 0 Å². The predicted molar refractivity (Wildman–Crippen MR) is 77.9 cm³/mol. The van der Waals surface area contributed by atoms with Crippen LogP contribution in [0, 0.1) is 6.92 Å². The van der Waals surface area contributed by atoms with Gasteiger partial charge in [-0.05, 0) is 24.6 Å². The molecule has 6 nitrogen and oxygen atoms in total. The van der Waals surface area contributed by atoms with E-state index in [1.165, 1.54) is 0 Å². The molecule has 2 aromatic rings. The summed E-state index contributed by atoms with van der Waals surface area (Å²) in [6, 6.07) is 5.74. The van der Waals surface area contributed by atoms with Crippen molar-refractivity contribution in [3.8, 4) is 17.2 Å². The van der Waals surface area contributed by atoms with Gasteiger partial charge in [0, 0.05) is 12.6 Å². The fourth-order valence-corrected chi connectivity index (χ4v) is 2.07. The lowest BCUT2D eigenvalue weighted by Gasteiger charge is -2.14. The van der Waals surface area contributed by atoms with Gasteiger partial charge in [-0.1, -0.05) is 5.16 Å². The second-order valence-electron chi connectivity index (χ2n) is 4.57. The molecule has 0 spiro atoms. The summed E-state index contributed by atoms with van der Waals surface area (Å²) < 4.78 is 21.1. The van der Waals surface area contributed by atoms with Gasteiger partial charge in [0.05, 0.1) is 33.6 Å². The van der Waals surface area contributed by atoms with Gasteiger partial charge in [-0.25, -0.2) is 0 Å². The molecule has 1 N–H and O–H groups in total. The molecule has 0 amide bonds. The molecule has 1 aromatic heterocycles. The van der Waals surface area contributed by atoms with Gasteiger partial charge < -0.3 is 24.1 Å². The van der Waals surface area contributed by atoms with Crippen LogP contribution in [0.2, 0.25) is 0 Å². The summed E-state index contributed by atoms with van der Waals surface area (Å²) >= 11 is 0. The number of nitrogens with zero attached hydrogens (tertiary/aromatic N) is 1. The molecule has 0 aliphatic rings. The van der Waals surface area contributed by atoms with Gasteiger partial charge in [-0.3, -0.25) is 0 Å². The third-order valence-corrected chi connectivity index (χ3v) is 3.03. The normalized spacial score (nSPS) is 10.5. The Morgan fingerprint density at radius 2 is 1.67 bits per heavy atom. The van der Waals surface area contributed by atoms with Gasteiger partial charge in [-0.15, -0.1) is 0 Å². The average Bonchev–Trinajstić information content (AvgIpc) is 2.91. The standard InChI is InChI=1S/C15H20N2O4/c1-10-5-12(21-17-10)9-16-8-11-6-13(18-2)15(20-4)14(7-11)19-3/h5-7,16H,8-9H2,1-4H3. The van der Waals surface area contributed by atoms with E-state index in [1.54, 1.807) is 21.3 Å². The number of nitrogens with one attached hydrogen (secondary N) is 1. The number of methoxy groups -OCH3 is 3. The molecule has 1 heterocycles. The van der Waals surface area contributed by atoms with Crippen molar-refractivity contribution < 1.29 is 18.7 Å². The van der Waals surface area contributed by atoms with Gasteiger partial charge in [-0.2, -0.15) is 0 Å². The number of ether oxygens (including phenoxy) is 3. The second kappa shape index (κ2) is 6.99. The molecule has 1 aromatic carbocycles. The van der Waals surface area contributed by atoms with Crippen molar-refractivity contribution >= 4 is 0 Å². The lowest BCUT2D eigenvalue weighted by Crippen LogP contribution is -2.12. The highest BCUT2D eigenvalue weighted by atomic mass is 16.5. The molecule has 0 saturated carbocycles. The Labute approximate surface area is 124 Å². The van der Waals surface area contributed by atoms with E-state index in [9.17, 15) is 0 Å². The van der Waals surface area contributed by atoms with Gasteiger partial charge in [0.2, 0.25) is 5.75 Å². The summed E-state index contributed by atoms with van der Waals surface area (Å²) in [6.45, 7) is 3.15. The monoisotopic (exact) mass is 292 g/mol. The zero-order valence-electron chi connectivity index (χ0n) is 12.7. The van der Waals surface area contributed by atoms with Crippen molar-refractivity contribution in [2.24, 2.45) is 0 Å². The first-order valence-electron chi connectivity index (χ1n) is 6.59. The number of aromatic nitrogens is 1. The molecule has 2 rings (SSSR count). The van der Waals surface area contributed by atoms with Crippen LogP contribution in [0.25, 0.3) is 0 Å². The highest BCUT2D eigenvalue weighted by Crippen LogP contribution is 2.38. The first kappa shape index (κ1) is 15.2. The Bertz CT molecular complexity index is 570. The Balaban J connectivity index is 2.05. The van der Waals surface area contributed by atoms with E-state index in [-0.39, 0.29) is 0 Å². The Kier molecular flexibility index (Phi) is 5.05. The fraction of sp³-hybridized carbons (Fsp3) is 0.400. The van der Waals surface area contributed by atoms with Crippen LogP contribution in [0.1, 0.15) is 17.0 Å². The first-order chi connectivity index (χ1) is 10.2. The van der Waals surface area contributed by atoms with Crippen molar-refractivity contribution in [2.75, 3.05) is 21.3 Å². The van der Waals surface area contributed by atoms with Crippen molar-refractivity contribution in [1.82, 2.24) is 10.5 Å². The molecule has 0 aliphatic heterocycles. The Hall–Kier alpha value is -2.21. The summed E-state index contributed by atoms with van der Waals surface area (Å²) in [5, 5.41) is 7.13. The number of benzene rings is 1. The van der Waals surface area contributed by atoms with E-state index in [0.29, 0.717) is 30.3 Å². The topological polar surface area (TPSA) is 65.8 Å². The Morgan fingerprint density at radius 3 is 2.14 bits per heavy atom. The third-order valence-electron chi connectivity index (χ3n) is 3.03. The van der Waals surface area contributed by atoms with Crippen LogP contribution in [0.5, 0.6) is 17.2 Å². The molecule has 6 heteroatoms. The minimum atomic E-state index is 0.592.